The van der Waals surface area contributed by atoms with Gasteiger partial charge in [-0.1, -0.05) is 44.2 Å². The first-order valence-corrected chi connectivity index (χ1v) is 13.8. The van der Waals surface area contributed by atoms with Crippen molar-refractivity contribution in [3.05, 3.63) is 54.1 Å². The largest absolute Gasteiger partial charge is 0.371 e. The number of aromatic nitrogens is 2. The van der Waals surface area contributed by atoms with Crippen LogP contribution in [0.2, 0.25) is 0 Å². The summed E-state index contributed by atoms with van der Waals surface area (Å²) < 4.78 is 6.01. The van der Waals surface area contributed by atoms with Gasteiger partial charge in [-0.3, -0.25) is 19.3 Å². The number of benzene rings is 1. The minimum atomic E-state index is -0.838. The summed E-state index contributed by atoms with van der Waals surface area (Å²) in [5.41, 5.74) is 1.69. The van der Waals surface area contributed by atoms with E-state index in [1.54, 1.807) is 26.5 Å². The van der Waals surface area contributed by atoms with Crippen LogP contribution in [-0.4, -0.2) is 82.9 Å². The molecule has 10 nitrogen and oxygen atoms in total. The SMILES string of the molecule is CNC(=O)[C@@H](NC(=O)[C@@H]1CN(Cc2cnc[nH]2)CC12CN(C(=O)[C@H]1CC1(C)C)C2)[C@@H](C)OCc1ccccc1. The number of hydrogen-bond donors (Lipinski definition) is 3. The van der Waals surface area contributed by atoms with Gasteiger partial charge in [0.15, 0.2) is 0 Å². The number of likely N-dealkylation sites (tertiary alicyclic amines) is 2. The van der Waals surface area contributed by atoms with Crippen molar-refractivity contribution in [2.45, 2.75) is 52.5 Å². The van der Waals surface area contributed by atoms with E-state index >= 15 is 0 Å². The van der Waals surface area contributed by atoms with E-state index in [4.69, 9.17) is 4.74 Å². The normalized spacial score (nSPS) is 24.6. The van der Waals surface area contributed by atoms with Gasteiger partial charge in [0.25, 0.3) is 0 Å². The van der Waals surface area contributed by atoms with Gasteiger partial charge in [0.1, 0.15) is 6.04 Å². The standard InChI is InChI=1S/C29H40N6O4/c1-19(39-14-20-8-6-5-7-9-20)24(26(37)30-4)33-25(36)23-13-34(12-21-11-31-18-32-21)15-29(23)16-35(17-29)27(38)22-10-28(22,2)3/h5-9,11,18-19,22-24H,10,12-17H2,1-4H3,(H,30,37)(H,31,32)(H,33,36)/t19-,22-,23+,24+/m1/s1. The molecule has 2 saturated heterocycles. The number of hydrogen-bond acceptors (Lipinski definition) is 6. The maximum absolute atomic E-state index is 13.8. The topological polar surface area (TPSA) is 120 Å². The molecule has 210 valence electrons. The van der Waals surface area contributed by atoms with Crippen LogP contribution in [0, 0.1) is 22.7 Å². The van der Waals surface area contributed by atoms with Crippen LogP contribution >= 0.6 is 0 Å². The summed E-state index contributed by atoms with van der Waals surface area (Å²) in [6.45, 7) is 9.40. The average molecular weight is 537 g/mol. The van der Waals surface area contributed by atoms with Crippen molar-refractivity contribution < 1.29 is 19.1 Å². The zero-order valence-electron chi connectivity index (χ0n) is 23.3. The third-order valence-electron chi connectivity index (χ3n) is 8.77. The first-order valence-electron chi connectivity index (χ1n) is 13.8. The molecule has 0 unspecified atom stereocenters. The quantitative estimate of drug-likeness (QED) is 0.424. The van der Waals surface area contributed by atoms with Crippen molar-refractivity contribution in [2.24, 2.45) is 22.7 Å². The molecule has 1 spiro atoms. The van der Waals surface area contributed by atoms with Crippen LogP contribution in [0.3, 0.4) is 0 Å². The molecule has 3 fully saturated rings. The van der Waals surface area contributed by atoms with Crippen LogP contribution in [0.1, 0.15) is 38.4 Å². The second-order valence-corrected chi connectivity index (χ2v) is 12.2. The first-order chi connectivity index (χ1) is 18.6. The Morgan fingerprint density at radius 3 is 2.49 bits per heavy atom. The van der Waals surface area contributed by atoms with Gasteiger partial charge in [-0.15, -0.1) is 0 Å². The van der Waals surface area contributed by atoms with Gasteiger partial charge in [0.05, 0.1) is 25.0 Å². The highest BCUT2D eigenvalue weighted by molar-refractivity contribution is 5.90. The molecule has 0 bridgehead atoms. The number of nitrogens with one attached hydrogen (secondary N) is 3. The molecule has 0 radical (unpaired) electrons. The van der Waals surface area contributed by atoms with Crippen LogP contribution in [0.25, 0.3) is 0 Å². The fourth-order valence-electron chi connectivity index (χ4n) is 6.17. The van der Waals surface area contributed by atoms with Crippen molar-refractivity contribution in [1.29, 1.82) is 0 Å². The number of rotatable bonds is 10. The lowest BCUT2D eigenvalue weighted by atomic mass is 9.70. The Balaban J connectivity index is 1.28. The monoisotopic (exact) mass is 536 g/mol. The molecule has 4 atom stereocenters. The van der Waals surface area contributed by atoms with Crippen LogP contribution in [-0.2, 0) is 32.3 Å². The Kier molecular flexibility index (Phi) is 7.52. The molecular formula is C29H40N6O4. The number of ether oxygens (including phenoxy) is 1. The van der Waals surface area contributed by atoms with E-state index in [2.05, 4.69) is 39.3 Å². The van der Waals surface area contributed by atoms with E-state index in [0.29, 0.717) is 39.3 Å². The Hall–Kier alpha value is -3.24. The van der Waals surface area contributed by atoms with Gasteiger partial charge in [-0.2, -0.15) is 0 Å². The van der Waals surface area contributed by atoms with E-state index in [-0.39, 0.29) is 40.4 Å². The fourth-order valence-corrected chi connectivity index (χ4v) is 6.17. The number of aromatic amines is 1. The lowest BCUT2D eigenvalue weighted by Gasteiger charge is -2.51. The number of amides is 3. The van der Waals surface area contributed by atoms with E-state index < -0.39 is 12.1 Å². The maximum Gasteiger partial charge on any atom is 0.245 e. The average Bonchev–Trinajstić information content (AvgIpc) is 3.23. The number of imidazole rings is 1. The zero-order valence-corrected chi connectivity index (χ0v) is 23.3. The molecule has 3 heterocycles. The number of likely N-dealkylation sites (N-methyl/N-ethyl adjacent to an activating group) is 1. The molecule has 5 rings (SSSR count). The predicted molar refractivity (Wildman–Crippen MR) is 145 cm³/mol. The van der Waals surface area contributed by atoms with Crippen molar-refractivity contribution in [3.63, 3.8) is 0 Å². The molecule has 3 aliphatic rings. The molecule has 39 heavy (non-hydrogen) atoms. The molecular weight excluding hydrogens is 496 g/mol. The number of carbonyl (C=O) groups excluding carboxylic acids is 3. The van der Waals surface area contributed by atoms with Crippen LogP contribution < -0.4 is 10.6 Å². The van der Waals surface area contributed by atoms with Gasteiger partial charge in [0.2, 0.25) is 17.7 Å². The molecule has 1 saturated carbocycles. The fraction of sp³-hybridized carbons (Fsp3) is 0.586. The molecule has 2 aromatic rings. The van der Waals surface area contributed by atoms with E-state index in [1.807, 2.05) is 35.2 Å². The molecule has 10 heteroatoms. The summed E-state index contributed by atoms with van der Waals surface area (Å²) in [5, 5.41) is 5.68. The highest BCUT2D eigenvalue weighted by Crippen LogP contribution is 2.54. The maximum atomic E-state index is 13.8. The minimum absolute atomic E-state index is 0.0650. The van der Waals surface area contributed by atoms with Gasteiger partial charge in [0, 0.05) is 63.0 Å². The zero-order chi connectivity index (χ0) is 27.8. The molecule has 2 aliphatic heterocycles. The van der Waals surface area contributed by atoms with E-state index in [0.717, 1.165) is 17.7 Å². The lowest BCUT2D eigenvalue weighted by Crippen LogP contribution is -2.65. The van der Waals surface area contributed by atoms with Crippen LogP contribution in [0.4, 0.5) is 0 Å². The Bertz CT molecular complexity index is 1180. The Morgan fingerprint density at radius 1 is 1.15 bits per heavy atom. The Labute approximate surface area is 229 Å². The van der Waals surface area contributed by atoms with Crippen LogP contribution in [0.5, 0.6) is 0 Å². The predicted octanol–water partition coefficient (Wildman–Crippen LogP) is 1.55. The number of carbonyl (C=O) groups is 3. The van der Waals surface area contributed by atoms with E-state index in [1.165, 1.54) is 0 Å². The highest BCUT2D eigenvalue weighted by atomic mass is 16.5. The van der Waals surface area contributed by atoms with Gasteiger partial charge in [-0.25, -0.2) is 4.98 Å². The summed E-state index contributed by atoms with van der Waals surface area (Å²) in [7, 11) is 1.56. The second-order valence-electron chi connectivity index (χ2n) is 12.2. The smallest absolute Gasteiger partial charge is 0.245 e. The first kappa shape index (κ1) is 27.3. The Morgan fingerprint density at radius 2 is 1.87 bits per heavy atom. The van der Waals surface area contributed by atoms with Crippen molar-refractivity contribution in [3.8, 4) is 0 Å². The summed E-state index contributed by atoms with van der Waals surface area (Å²) in [6.07, 6.45) is 3.82. The molecule has 1 aromatic heterocycles. The molecule has 3 amide bonds. The van der Waals surface area contributed by atoms with Crippen molar-refractivity contribution >= 4 is 17.7 Å². The molecule has 1 aliphatic carbocycles. The van der Waals surface area contributed by atoms with Crippen LogP contribution in [0.15, 0.2) is 42.9 Å². The van der Waals surface area contributed by atoms with Crippen molar-refractivity contribution in [2.75, 3.05) is 33.2 Å². The minimum Gasteiger partial charge on any atom is -0.371 e. The van der Waals surface area contributed by atoms with Gasteiger partial charge in [-0.05, 0) is 24.3 Å². The molecule has 1 aromatic carbocycles. The number of nitrogens with zero attached hydrogens (tertiary/aromatic N) is 3. The van der Waals surface area contributed by atoms with E-state index in [9.17, 15) is 14.4 Å². The summed E-state index contributed by atoms with van der Waals surface area (Å²) in [6, 6.07) is 8.90. The van der Waals surface area contributed by atoms with Crippen molar-refractivity contribution in [1.82, 2.24) is 30.4 Å². The number of H-pyrrole nitrogens is 1. The third kappa shape index (κ3) is 5.72. The highest BCUT2D eigenvalue weighted by Gasteiger charge is 2.61. The summed E-state index contributed by atoms with van der Waals surface area (Å²) in [4.78, 5) is 51.2. The summed E-state index contributed by atoms with van der Waals surface area (Å²) >= 11 is 0. The third-order valence-corrected chi connectivity index (χ3v) is 8.77. The van der Waals surface area contributed by atoms with Gasteiger partial charge < -0.3 is 25.3 Å². The second kappa shape index (κ2) is 10.7. The summed E-state index contributed by atoms with van der Waals surface area (Å²) in [5.74, 6) is -0.561. The molecule has 3 N–H and O–H groups in total. The lowest BCUT2D eigenvalue weighted by molar-refractivity contribution is -0.152. The van der Waals surface area contributed by atoms with Gasteiger partial charge >= 0.3 is 0 Å².